The monoisotopic (exact) mass is 529 g/mol. The van der Waals surface area contributed by atoms with Gasteiger partial charge in [-0.25, -0.2) is 9.78 Å². The van der Waals surface area contributed by atoms with E-state index in [-0.39, 0.29) is 12.0 Å². The average molecular weight is 530 g/mol. The van der Waals surface area contributed by atoms with Crippen LogP contribution in [-0.2, 0) is 9.53 Å². The van der Waals surface area contributed by atoms with Gasteiger partial charge in [0, 0.05) is 43.7 Å². The van der Waals surface area contributed by atoms with Crippen molar-refractivity contribution in [1.29, 1.82) is 0 Å². The minimum atomic E-state index is -0.281. The van der Waals surface area contributed by atoms with Gasteiger partial charge in [0.2, 0.25) is 0 Å². The minimum absolute atomic E-state index is 0.208. The van der Waals surface area contributed by atoms with Crippen LogP contribution in [0.15, 0.2) is 101 Å². The fraction of sp³-hybridized carbons (Fsp3) is 0.267. The summed E-state index contributed by atoms with van der Waals surface area (Å²) < 4.78 is 7.46. The third kappa shape index (κ3) is 6.42. The number of carbonyl (C=O) groups excluding carboxylic acids is 1. The number of thiazole rings is 1. The maximum Gasteiger partial charge on any atom is 0.332 e. The van der Waals surface area contributed by atoms with Gasteiger partial charge in [0.15, 0.2) is 4.34 Å². The Morgan fingerprint density at radius 3 is 2.19 bits per heavy atom. The maximum absolute atomic E-state index is 12.4. The van der Waals surface area contributed by atoms with Crippen LogP contribution in [0, 0.1) is 0 Å². The first-order valence-corrected chi connectivity index (χ1v) is 14.5. The molecule has 2 heterocycles. The third-order valence-corrected chi connectivity index (χ3v) is 8.72. The SMILES string of the molecule is CCOC(=O)/C=C(\CSc1nc2ccccc2s1)N1CCN(C(c2ccccc2)c2ccccc2)CC1. The topological polar surface area (TPSA) is 45.7 Å². The molecule has 0 atom stereocenters. The van der Waals surface area contributed by atoms with Crippen LogP contribution in [0.25, 0.3) is 10.2 Å². The summed E-state index contributed by atoms with van der Waals surface area (Å²) in [6, 6.07) is 29.8. The summed E-state index contributed by atoms with van der Waals surface area (Å²) >= 11 is 3.38. The highest BCUT2D eigenvalue weighted by molar-refractivity contribution is 8.01. The fourth-order valence-electron chi connectivity index (χ4n) is 4.74. The van der Waals surface area contributed by atoms with E-state index in [1.165, 1.54) is 15.8 Å². The molecule has 1 aliphatic heterocycles. The second-order valence-electron chi connectivity index (χ2n) is 8.87. The van der Waals surface area contributed by atoms with Crippen molar-refractivity contribution in [3.63, 3.8) is 0 Å². The molecule has 0 radical (unpaired) electrons. The van der Waals surface area contributed by atoms with Crippen molar-refractivity contribution in [3.8, 4) is 0 Å². The van der Waals surface area contributed by atoms with E-state index in [2.05, 4.69) is 76.5 Å². The highest BCUT2D eigenvalue weighted by atomic mass is 32.2. The van der Waals surface area contributed by atoms with Crippen LogP contribution in [-0.4, -0.2) is 59.3 Å². The van der Waals surface area contributed by atoms with E-state index in [0.717, 1.165) is 41.7 Å². The van der Waals surface area contributed by atoms with Gasteiger partial charge in [0.1, 0.15) is 0 Å². The number of carbonyl (C=O) groups is 1. The Morgan fingerprint density at radius 1 is 0.946 bits per heavy atom. The molecule has 1 aliphatic rings. The summed E-state index contributed by atoms with van der Waals surface area (Å²) in [5.41, 5.74) is 4.62. The number of esters is 1. The molecule has 1 aromatic heterocycles. The molecule has 37 heavy (non-hydrogen) atoms. The molecule has 0 N–H and O–H groups in total. The van der Waals surface area contributed by atoms with Gasteiger partial charge in [-0.2, -0.15) is 0 Å². The summed E-state index contributed by atoms with van der Waals surface area (Å²) in [6.45, 7) is 5.72. The van der Waals surface area contributed by atoms with E-state index < -0.39 is 0 Å². The molecule has 1 saturated heterocycles. The van der Waals surface area contributed by atoms with Crippen molar-refractivity contribution in [2.24, 2.45) is 0 Å². The molecule has 1 fully saturated rings. The zero-order valence-electron chi connectivity index (χ0n) is 21.0. The van der Waals surface area contributed by atoms with Gasteiger partial charge >= 0.3 is 5.97 Å². The van der Waals surface area contributed by atoms with Crippen LogP contribution < -0.4 is 0 Å². The number of rotatable bonds is 9. The predicted octanol–water partition coefficient (Wildman–Crippen LogP) is 6.24. The molecule has 3 aromatic carbocycles. The highest BCUT2D eigenvalue weighted by Crippen LogP contribution is 2.33. The van der Waals surface area contributed by atoms with E-state index in [1.807, 2.05) is 25.1 Å². The third-order valence-electron chi connectivity index (χ3n) is 6.51. The van der Waals surface area contributed by atoms with Crippen molar-refractivity contribution >= 4 is 39.3 Å². The molecule has 0 aliphatic carbocycles. The first kappa shape index (κ1) is 25.5. The van der Waals surface area contributed by atoms with Gasteiger partial charge in [-0.3, -0.25) is 4.90 Å². The molecule has 0 unspecified atom stereocenters. The van der Waals surface area contributed by atoms with Crippen molar-refractivity contribution in [2.75, 3.05) is 38.5 Å². The Labute approximate surface area is 226 Å². The van der Waals surface area contributed by atoms with Crippen molar-refractivity contribution in [2.45, 2.75) is 17.3 Å². The van der Waals surface area contributed by atoms with Crippen LogP contribution in [0.4, 0.5) is 0 Å². The van der Waals surface area contributed by atoms with Gasteiger partial charge in [-0.15, -0.1) is 11.3 Å². The standard InChI is InChI=1S/C30H31N3O2S2/c1-2-35-28(34)21-25(22-36-30-31-26-15-9-10-16-27(26)37-30)32-17-19-33(20-18-32)29(23-11-5-3-6-12-23)24-13-7-4-8-14-24/h3-16,21,29H,2,17-20,22H2,1H3/b25-21+. The quantitative estimate of drug-likeness (QED) is 0.145. The number of hydrogen-bond acceptors (Lipinski definition) is 7. The van der Waals surface area contributed by atoms with Crippen molar-refractivity contribution in [1.82, 2.24) is 14.8 Å². The number of para-hydroxylation sites is 1. The predicted molar refractivity (Wildman–Crippen MR) is 153 cm³/mol. The van der Waals surface area contributed by atoms with Crippen molar-refractivity contribution < 1.29 is 9.53 Å². The fourth-order valence-corrected chi connectivity index (χ4v) is 6.82. The zero-order chi connectivity index (χ0) is 25.5. The lowest BCUT2D eigenvalue weighted by Gasteiger charge is -2.41. The van der Waals surface area contributed by atoms with Gasteiger partial charge in [0.05, 0.1) is 22.9 Å². The van der Waals surface area contributed by atoms with E-state index in [0.29, 0.717) is 12.4 Å². The van der Waals surface area contributed by atoms with E-state index >= 15 is 0 Å². The Kier molecular flexibility index (Phi) is 8.56. The number of fused-ring (bicyclic) bond motifs is 1. The molecule has 0 saturated carbocycles. The number of benzene rings is 3. The second-order valence-corrected chi connectivity index (χ2v) is 11.1. The first-order chi connectivity index (χ1) is 18.2. The van der Waals surface area contributed by atoms with Crippen LogP contribution in [0.3, 0.4) is 0 Å². The second kappa shape index (κ2) is 12.4. The summed E-state index contributed by atoms with van der Waals surface area (Å²) in [4.78, 5) is 22.1. The Hall–Kier alpha value is -3.13. The van der Waals surface area contributed by atoms with Crippen LogP contribution in [0.1, 0.15) is 24.1 Å². The molecule has 0 spiro atoms. The number of aromatic nitrogens is 1. The summed E-state index contributed by atoms with van der Waals surface area (Å²) in [5, 5.41) is 0. The molecule has 7 heteroatoms. The molecule has 0 bridgehead atoms. The summed E-state index contributed by atoms with van der Waals surface area (Å²) in [5.74, 6) is 0.399. The number of thioether (sulfide) groups is 1. The largest absolute Gasteiger partial charge is 0.463 e. The molecule has 5 nitrogen and oxygen atoms in total. The lowest BCUT2D eigenvalue weighted by molar-refractivity contribution is -0.137. The molecular formula is C30H31N3O2S2. The highest BCUT2D eigenvalue weighted by Gasteiger charge is 2.27. The van der Waals surface area contributed by atoms with Crippen LogP contribution in [0.2, 0.25) is 0 Å². The minimum Gasteiger partial charge on any atom is -0.463 e. The summed E-state index contributed by atoms with van der Waals surface area (Å²) in [7, 11) is 0. The average Bonchev–Trinajstić information content (AvgIpc) is 3.36. The Bertz CT molecular complexity index is 1260. The van der Waals surface area contributed by atoms with E-state index in [9.17, 15) is 4.79 Å². The lowest BCUT2D eigenvalue weighted by atomic mass is 9.96. The Balaban J connectivity index is 1.31. The molecule has 190 valence electrons. The van der Waals surface area contributed by atoms with Crippen LogP contribution >= 0.6 is 23.1 Å². The maximum atomic E-state index is 12.4. The van der Waals surface area contributed by atoms with Gasteiger partial charge < -0.3 is 9.64 Å². The molecule has 0 amide bonds. The molecule has 4 aromatic rings. The smallest absolute Gasteiger partial charge is 0.332 e. The Morgan fingerprint density at radius 2 is 1.57 bits per heavy atom. The lowest BCUT2D eigenvalue weighted by Crippen LogP contribution is -2.47. The molecule has 5 rings (SSSR count). The van der Waals surface area contributed by atoms with E-state index in [4.69, 9.17) is 9.72 Å². The number of ether oxygens (including phenoxy) is 1. The van der Waals surface area contributed by atoms with Gasteiger partial charge in [-0.05, 0) is 30.2 Å². The van der Waals surface area contributed by atoms with Gasteiger partial charge in [-0.1, -0.05) is 84.6 Å². The van der Waals surface area contributed by atoms with Gasteiger partial charge in [0.25, 0.3) is 0 Å². The zero-order valence-corrected chi connectivity index (χ0v) is 22.6. The van der Waals surface area contributed by atoms with E-state index in [1.54, 1.807) is 29.2 Å². The number of piperazine rings is 1. The normalized spacial score (nSPS) is 14.9. The first-order valence-electron chi connectivity index (χ1n) is 12.7. The molecular weight excluding hydrogens is 498 g/mol. The number of nitrogens with zero attached hydrogens (tertiary/aromatic N) is 3. The van der Waals surface area contributed by atoms with Crippen LogP contribution in [0.5, 0.6) is 0 Å². The number of hydrogen-bond donors (Lipinski definition) is 0. The summed E-state index contributed by atoms with van der Waals surface area (Å²) in [6.07, 6.45) is 1.67. The van der Waals surface area contributed by atoms with Crippen molar-refractivity contribution in [3.05, 3.63) is 108 Å².